The molecule has 4 heteroatoms. The molecule has 0 saturated carbocycles. The van der Waals surface area contributed by atoms with Crippen molar-refractivity contribution in [1.82, 2.24) is 4.57 Å². The van der Waals surface area contributed by atoms with Crippen LogP contribution < -0.4 is 5.56 Å². The van der Waals surface area contributed by atoms with Crippen LogP contribution in [0.15, 0.2) is 16.9 Å². The van der Waals surface area contributed by atoms with E-state index in [4.69, 9.17) is 5.11 Å². The third-order valence-electron chi connectivity index (χ3n) is 2.63. The lowest BCUT2D eigenvalue weighted by Gasteiger charge is -2.26. The van der Waals surface area contributed by atoms with Gasteiger partial charge in [0.05, 0.1) is 0 Å². The number of hydrogen-bond acceptors (Lipinski definition) is 2. The molecule has 0 fully saturated rings. The predicted octanol–water partition coefficient (Wildman–Crippen LogP) is 2.42. The van der Waals surface area contributed by atoms with Crippen molar-refractivity contribution in [2.24, 2.45) is 0 Å². The molecule has 0 radical (unpaired) electrons. The van der Waals surface area contributed by atoms with E-state index in [9.17, 15) is 9.59 Å². The topological polar surface area (TPSA) is 59.3 Å². The Morgan fingerprint density at radius 3 is 2.18 bits per heavy atom. The highest BCUT2D eigenvalue weighted by atomic mass is 16.4. The molecule has 94 valence electrons. The van der Waals surface area contributed by atoms with Crippen molar-refractivity contribution in [2.45, 2.75) is 46.1 Å². The molecule has 0 unspecified atom stereocenters. The molecule has 0 saturated heterocycles. The molecule has 1 rings (SSSR count). The summed E-state index contributed by atoms with van der Waals surface area (Å²) in [6, 6.07) is 3.06. The standard InChI is InChI=1S/C13H19NO3/c1-8(2)14-10(13(3,4)5)7-6-9(11(14)15)12(16)17/h6-8H,1-5H3,(H,16,17). The van der Waals surface area contributed by atoms with Gasteiger partial charge >= 0.3 is 5.97 Å². The van der Waals surface area contributed by atoms with Crippen LogP contribution in [0.25, 0.3) is 0 Å². The summed E-state index contributed by atoms with van der Waals surface area (Å²) in [6.45, 7) is 9.76. The first-order chi connectivity index (χ1) is 7.66. The molecule has 1 heterocycles. The third-order valence-corrected chi connectivity index (χ3v) is 2.63. The smallest absolute Gasteiger partial charge is 0.341 e. The van der Waals surface area contributed by atoms with E-state index < -0.39 is 11.5 Å². The minimum absolute atomic E-state index is 0.0592. The molecule has 1 aromatic rings. The zero-order valence-electron chi connectivity index (χ0n) is 10.9. The number of aromatic carboxylic acids is 1. The highest BCUT2D eigenvalue weighted by molar-refractivity contribution is 5.87. The van der Waals surface area contributed by atoms with Crippen LogP contribution in [-0.4, -0.2) is 15.6 Å². The van der Waals surface area contributed by atoms with E-state index in [2.05, 4.69) is 0 Å². The van der Waals surface area contributed by atoms with E-state index in [1.807, 2.05) is 34.6 Å². The Morgan fingerprint density at radius 2 is 1.82 bits per heavy atom. The van der Waals surface area contributed by atoms with Gasteiger partial charge in [-0.25, -0.2) is 4.79 Å². The molecule has 0 spiro atoms. The molecule has 17 heavy (non-hydrogen) atoms. The number of hydrogen-bond donors (Lipinski definition) is 1. The quantitative estimate of drug-likeness (QED) is 0.859. The van der Waals surface area contributed by atoms with Crippen LogP contribution in [0.5, 0.6) is 0 Å². The average molecular weight is 237 g/mol. The van der Waals surface area contributed by atoms with Crippen LogP contribution in [-0.2, 0) is 5.41 Å². The molecular weight excluding hydrogens is 218 g/mol. The molecule has 4 nitrogen and oxygen atoms in total. The predicted molar refractivity (Wildman–Crippen MR) is 66.7 cm³/mol. The lowest BCUT2D eigenvalue weighted by molar-refractivity contribution is 0.0694. The Hall–Kier alpha value is -1.58. The van der Waals surface area contributed by atoms with E-state index in [1.165, 1.54) is 6.07 Å². The third kappa shape index (κ3) is 2.57. The number of pyridine rings is 1. The molecule has 0 aliphatic carbocycles. The molecule has 0 aromatic carbocycles. The monoisotopic (exact) mass is 237 g/mol. The summed E-state index contributed by atoms with van der Waals surface area (Å²) in [4.78, 5) is 23.0. The van der Waals surface area contributed by atoms with Crippen LogP contribution in [0.3, 0.4) is 0 Å². The van der Waals surface area contributed by atoms with E-state index in [-0.39, 0.29) is 17.0 Å². The van der Waals surface area contributed by atoms with E-state index >= 15 is 0 Å². The maximum absolute atomic E-state index is 12.1. The Morgan fingerprint density at radius 1 is 1.29 bits per heavy atom. The van der Waals surface area contributed by atoms with Crippen LogP contribution in [0.2, 0.25) is 0 Å². The largest absolute Gasteiger partial charge is 0.477 e. The molecule has 0 bridgehead atoms. The first-order valence-corrected chi connectivity index (χ1v) is 5.65. The van der Waals surface area contributed by atoms with Gasteiger partial charge in [0.1, 0.15) is 5.56 Å². The van der Waals surface area contributed by atoms with Crippen molar-refractivity contribution < 1.29 is 9.90 Å². The fraction of sp³-hybridized carbons (Fsp3) is 0.538. The van der Waals surface area contributed by atoms with Gasteiger partial charge in [-0.1, -0.05) is 20.8 Å². The SMILES string of the molecule is CC(C)n1c(C(C)(C)C)ccc(C(=O)O)c1=O. The van der Waals surface area contributed by atoms with Crippen molar-refractivity contribution in [3.05, 3.63) is 33.7 Å². The number of carboxylic acids is 1. The first-order valence-electron chi connectivity index (χ1n) is 5.65. The average Bonchev–Trinajstić information content (AvgIpc) is 2.14. The van der Waals surface area contributed by atoms with Crippen LogP contribution >= 0.6 is 0 Å². The summed E-state index contributed by atoms with van der Waals surface area (Å²) in [5.41, 5.74) is 0.0506. The molecule has 0 amide bonds. The summed E-state index contributed by atoms with van der Waals surface area (Å²) in [5, 5.41) is 8.95. The first kappa shape index (κ1) is 13.5. The summed E-state index contributed by atoms with van der Waals surface area (Å²) in [5.74, 6) is -1.18. The second-order valence-electron chi connectivity index (χ2n) is 5.46. The van der Waals surface area contributed by atoms with Gasteiger partial charge in [-0.2, -0.15) is 0 Å². The fourth-order valence-corrected chi connectivity index (χ4v) is 1.84. The van der Waals surface area contributed by atoms with Gasteiger partial charge < -0.3 is 9.67 Å². The van der Waals surface area contributed by atoms with Crippen LogP contribution in [0.4, 0.5) is 0 Å². The zero-order valence-corrected chi connectivity index (χ0v) is 10.9. The van der Waals surface area contributed by atoms with E-state index in [1.54, 1.807) is 10.6 Å². The van der Waals surface area contributed by atoms with Crippen molar-refractivity contribution in [1.29, 1.82) is 0 Å². The fourth-order valence-electron chi connectivity index (χ4n) is 1.84. The Bertz CT molecular complexity index is 492. The van der Waals surface area contributed by atoms with Gasteiger partial charge in [0.15, 0.2) is 0 Å². The van der Waals surface area contributed by atoms with Gasteiger partial charge in [-0.3, -0.25) is 4.79 Å². The maximum atomic E-state index is 12.1. The minimum Gasteiger partial charge on any atom is -0.477 e. The number of rotatable bonds is 2. The second-order valence-corrected chi connectivity index (χ2v) is 5.46. The van der Waals surface area contributed by atoms with E-state index in [0.29, 0.717) is 0 Å². The molecule has 1 N–H and O–H groups in total. The van der Waals surface area contributed by atoms with Gasteiger partial charge in [0.25, 0.3) is 5.56 Å². The van der Waals surface area contributed by atoms with Crippen molar-refractivity contribution in [3.8, 4) is 0 Å². The summed E-state index contributed by atoms with van der Waals surface area (Å²) >= 11 is 0. The van der Waals surface area contributed by atoms with E-state index in [0.717, 1.165) is 5.69 Å². The van der Waals surface area contributed by atoms with Crippen molar-refractivity contribution in [2.75, 3.05) is 0 Å². The lowest BCUT2D eigenvalue weighted by Crippen LogP contribution is -2.34. The number of aromatic nitrogens is 1. The highest BCUT2D eigenvalue weighted by Crippen LogP contribution is 2.23. The van der Waals surface area contributed by atoms with Crippen molar-refractivity contribution in [3.63, 3.8) is 0 Å². The molecule has 0 aliphatic rings. The van der Waals surface area contributed by atoms with Crippen molar-refractivity contribution >= 4 is 5.97 Å². The minimum atomic E-state index is -1.18. The highest BCUT2D eigenvalue weighted by Gasteiger charge is 2.23. The maximum Gasteiger partial charge on any atom is 0.341 e. The summed E-state index contributed by atoms with van der Waals surface area (Å²) in [7, 11) is 0. The van der Waals surface area contributed by atoms with Crippen LogP contribution in [0, 0.1) is 0 Å². The van der Waals surface area contributed by atoms with Crippen LogP contribution in [0.1, 0.15) is 56.7 Å². The van der Waals surface area contributed by atoms with Gasteiger partial charge in [0, 0.05) is 17.2 Å². The number of carbonyl (C=O) groups is 1. The normalized spacial score (nSPS) is 11.9. The lowest BCUT2D eigenvalue weighted by atomic mass is 9.90. The summed E-state index contributed by atoms with van der Waals surface area (Å²) < 4.78 is 1.56. The van der Waals surface area contributed by atoms with Gasteiger partial charge in [0.2, 0.25) is 0 Å². The number of carboxylic acid groups (broad SMARTS) is 1. The Labute approximate surface area is 101 Å². The van der Waals surface area contributed by atoms with Gasteiger partial charge in [-0.15, -0.1) is 0 Å². The second kappa shape index (κ2) is 4.35. The molecular formula is C13H19NO3. The molecule has 1 aromatic heterocycles. The number of nitrogens with zero attached hydrogens (tertiary/aromatic N) is 1. The Kier molecular flexibility index (Phi) is 3.45. The Balaban J connectivity index is 3.63. The van der Waals surface area contributed by atoms with Gasteiger partial charge in [-0.05, 0) is 26.0 Å². The summed E-state index contributed by atoms with van der Waals surface area (Å²) in [6.07, 6.45) is 0. The molecule has 0 aliphatic heterocycles. The molecule has 0 atom stereocenters. The zero-order chi connectivity index (χ0) is 13.4.